The van der Waals surface area contributed by atoms with E-state index in [1.165, 1.54) is 11.8 Å². The summed E-state index contributed by atoms with van der Waals surface area (Å²) in [7, 11) is 0. The molecule has 0 saturated carbocycles. The van der Waals surface area contributed by atoms with Gasteiger partial charge in [-0.15, -0.1) is 11.8 Å². The number of nitrogens with one attached hydrogen (secondary N) is 1. The van der Waals surface area contributed by atoms with Crippen LogP contribution in [-0.4, -0.2) is 21.3 Å². The van der Waals surface area contributed by atoms with Crippen LogP contribution in [-0.2, 0) is 11.3 Å². The molecule has 1 N–H and O–H groups in total. The number of rotatable bonds is 6. The third-order valence-corrected chi connectivity index (χ3v) is 4.86. The molecule has 0 spiro atoms. The molecule has 1 atom stereocenters. The maximum absolute atomic E-state index is 12.2. The van der Waals surface area contributed by atoms with Gasteiger partial charge in [-0.25, -0.2) is 0 Å². The van der Waals surface area contributed by atoms with Gasteiger partial charge in [-0.05, 0) is 31.2 Å². The van der Waals surface area contributed by atoms with E-state index >= 15 is 0 Å². The molecule has 25 heavy (non-hydrogen) atoms. The molecule has 3 aromatic rings. The Morgan fingerprint density at radius 1 is 1.20 bits per heavy atom. The van der Waals surface area contributed by atoms with Crippen molar-refractivity contribution in [3.63, 3.8) is 0 Å². The van der Waals surface area contributed by atoms with Gasteiger partial charge in [0.25, 0.3) is 0 Å². The van der Waals surface area contributed by atoms with Crippen molar-refractivity contribution in [1.29, 1.82) is 0 Å². The molecule has 0 aliphatic heterocycles. The molecule has 0 aliphatic rings. The van der Waals surface area contributed by atoms with Crippen LogP contribution in [0.5, 0.6) is 0 Å². The van der Waals surface area contributed by atoms with Crippen LogP contribution >= 0.6 is 23.4 Å². The molecule has 1 aromatic heterocycles. The Bertz CT molecular complexity index is 854. The Labute approximate surface area is 154 Å². The number of benzene rings is 2. The predicted octanol–water partition coefficient (Wildman–Crippen LogP) is 4.19. The van der Waals surface area contributed by atoms with Crippen molar-refractivity contribution in [3.8, 4) is 11.4 Å². The van der Waals surface area contributed by atoms with Crippen molar-refractivity contribution in [1.82, 2.24) is 15.5 Å². The topological polar surface area (TPSA) is 68.0 Å². The van der Waals surface area contributed by atoms with Crippen LogP contribution in [0.15, 0.2) is 64.0 Å². The van der Waals surface area contributed by atoms with E-state index in [0.717, 1.165) is 4.90 Å². The molecule has 1 heterocycles. The van der Waals surface area contributed by atoms with Gasteiger partial charge >= 0.3 is 0 Å². The maximum atomic E-state index is 12.2. The minimum atomic E-state index is -0.228. The molecule has 128 valence electrons. The second-order valence-electron chi connectivity index (χ2n) is 5.28. The van der Waals surface area contributed by atoms with Gasteiger partial charge in [-0.3, -0.25) is 4.79 Å². The number of halogens is 1. The zero-order valence-corrected chi connectivity index (χ0v) is 15.1. The molecule has 0 fully saturated rings. The number of carbonyl (C=O) groups excluding carboxylic acids is 1. The van der Waals surface area contributed by atoms with Crippen LogP contribution in [0.1, 0.15) is 12.8 Å². The Hall–Kier alpha value is -2.31. The Morgan fingerprint density at radius 2 is 1.92 bits per heavy atom. The number of hydrogen-bond donors (Lipinski definition) is 1. The summed E-state index contributed by atoms with van der Waals surface area (Å²) in [4.78, 5) is 17.5. The van der Waals surface area contributed by atoms with Gasteiger partial charge in [0.15, 0.2) is 0 Å². The van der Waals surface area contributed by atoms with Gasteiger partial charge in [0.1, 0.15) is 0 Å². The van der Waals surface area contributed by atoms with Gasteiger partial charge in [0.2, 0.25) is 17.6 Å². The summed E-state index contributed by atoms with van der Waals surface area (Å²) in [5.74, 6) is 0.646. The molecule has 0 saturated heterocycles. The van der Waals surface area contributed by atoms with Gasteiger partial charge in [0, 0.05) is 10.5 Å². The smallest absolute Gasteiger partial charge is 0.246 e. The van der Waals surface area contributed by atoms with Crippen molar-refractivity contribution in [2.75, 3.05) is 0 Å². The number of aromatic nitrogens is 2. The Kier molecular flexibility index (Phi) is 5.73. The largest absolute Gasteiger partial charge is 0.346 e. The number of thioether (sulfide) groups is 1. The fraction of sp³-hybridized carbons (Fsp3) is 0.167. The lowest BCUT2D eigenvalue weighted by atomic mass is 10.2. The van der Waals surface area contributed by atoms with Crippen LogP contribution in [0.4, 0.5) is 0 Å². The predicted molar refractivity (Wildman–Crippen MR) is 98.4 cm³/mol. The second-order valence-corrected chi connectivity index (χ2v) is 7.10. The fourth-order valence-electron chi connectivity index (χ4n) is 2.14. The number of amides is 1. The summed E-state index contributed by atoms with van der Waals surface area (Å²) in [5, 5.41) is 7.04. The van der Waals surface area contributed by atoms with Crippen LogP contribution in [0.25, 0.3) is 11.4 Å². The van der Waals surface area contributed by atoms with E-state index in [4.69, 9.17) is 16.1 Å². The molecule has 0 aliphatic carbocycles. The van der Waals surface area contributed by atoms with Crippen molar-refractivity contribution >= 4 is 29.3 Å². The van der Waals surface area contributed by atoms with E-state index in [2.05, 4.69) is 15.5 Å². The number of hydrogen-bond acceptors (Lipinski definition) is 5. The third kappa shape index (κ3) is 4.61. The first-order chi connectivity index (χ1) is 12.1. The minimum absolute atomic E-state index is 0.0913. The summed E-state index contributed by atoms with van der Waals surface area (Å²) in [6.45, 7) is 2.03. The van der Waals surface area contributed by atoms with Gasteiger partial charge in [0.05, 0.1) is 16.8 Å². The zero-order valence-electron chi connectivity index (χ0n) is 13.5. The average Bonchev–Trinajstić information content (AvgIpc) is 3.09. The Morgan fingerprint density at radius 3 is 2.68 bits per heavy atom. The van der Waals surface area contributed by atoms with Gasteiger partial charge in [-0.1, -0.05) is 47.1 Å². The SMILES string of the molecule is C[C@H](Sc1ccccc1)C(=O)NCc1nc(-c2ccccc2Cl)no1. The normalized spacial score (nSPS) is 11.9. The molecule has 0 unspecified atom stereocenters. The molecule has 0 radical (unpaired) electrons. The van der Waals surface area contributed by atoms with Crippen LogP contribution in [0, 0.1) is 0 Å². The third-order valence-electron chi connectivity index (χ3n) is 3.42. The van der Waals surface area contributed by atoms with Gasteiger partial charge < -0.3 is 9.84 Å². The molecule has 2 aromatic carbocycles. The average molecular weight is 374 g/mol. The van der Waals surface area contributed by atoms with E-state index in [0.29, 0.717) is 22.3 Å². The first-order valence-electron chi connectivity index (χ1n) is 7.70. The highest BCUT2D eigenvalue weighted by molar-refractivity contribution is 8.00. The maximum Gasteiger partial charge on any atom is 0.246 e. The Balaban J connectivity index is 1.57. The standard InChI is InChI=1S/C18H16ClN3O2S/c1-12(25-13-7-3-2-4-8-13)18(23)20-11-16-21-17(22-24-16)14-9-5-6-10-15(14)19/h2-10,12H,11H2,1H3,(H,20,23)/t12-/m0/s1. The quantitative estimate of drug-likeness (QED) is 0.656. The van der Waals surface area contributed by atoms with Crippen molar-refractivity contribution < 1.29 is 9.32 Å². The van der Waals surface area contributed by atoms with Crippen LogP contribution in [0.3, 0.4) is 0 Å². The summed E-state index contributed by atoms with van der Waals surface area (Å²) in [6.07, 6.45) is 0. The number of nitrogens with zero attached hydrogens (tertiary/aromatic N) is 2. The summed E-state index contributed by atoms with van der Waals surface area (Å²) < 4.78 is 5.18. The highest BCUT2D eigenvalue weighted by atomic mass is 35.5. The molecular weight excluding hydrogens is 358 g/mol. The minimum Gasteiger partial charge on any atom is -0.346 e. The first kappa shape index (κ1) is 17.5. The molecule has 3 rings (SSSR count). The monoisotopic (exact) mass is 373 g/mol. The molecular formula is C18H16ClN3O2S. The van der Waals surface area contributed by atoms with E-state index in [1.54, 1.807) is 6.07 Å². The lowest BCUT2D eigenvalue weighted by Crippen LogP contribution is -2.30. The first-order valence-corrected chi connectivity index (χ1v) is 8.96. The van der Waals surface area contributed by atoms with Crippen LogP contribution in [0.2, 0.25) is 5.02 Å². The van der Waals surface area contributed by atoms with Crippen molar-refractivity contribution in [2.24, 2.45) is 0 Å². The van der Waals surface area contributed by atoms with E-state index in [9.17, 15) is 4.79 Å². The summed E-state index contributed by atoms with van der Waals surface area (Å²) >= 11 is 7.61. The lowest BCUT2D eigenvalue weighted by molar-refractivity contribution is -0.120. The van der Waals surface area contributed by atoms with E-state index < -0.39 is 0 Å². The van der Waals surface area contributed by atoms with Crippen molar-refractivity contribution in [3.05, 3.63) is 65.5 Å². The van der Waals surface area contributed by atoms with Crippen molar-refractivity contribution in [2.45, 2.75) is 23.6 Å². The number of carbonyl (C=O) groups is 1. The fourth-order valence-corrected chi connectivity index (χ4v) is 3.27. The van der Waals surface area contributed by atoms with E-state index in [1.807, 2.05) is 55.5 Å². The molecule has 0 bridgehead atoms. The summed E-state index contributed by atoms with van der Waals surface area (Å²) in [6, 6.07) is 17.0. The molecule has 1 amide bonds. The summed E-state index contributed by atoms with van der Waals surface area (Å²) in [5.41, 5.74) is 0.693. The lowest BCUT2D eigenvalue weighted by Gasteiger charge is -2.10. The molecule has 5 nitrogen and oxygen atoms in total. The van der Waals surface area contributed by atoms with Gasteiger partial charge in [-0.2, -0.15) is 4.98 Å². The highest BCUT2D eigenvalue weighted by Gasteiger charge is 2.16. The highest BCUT2D eigenvalue weighted by Crippen LogP contribution is 2.25. The zero-order chi connectivity index (χ0) is 17.6. The van der Waals surface area contributed by atoms with Crippen LogP contribution < -0.4 is 5.32 Å². The molecule has 7 heteroatoms. The second kappa shape index (κ2) is 8.18. The van der Waals surface area contributed by atoms with E-state index in [-0.39, 0.29) is 17.7 Å².